The fraction of sp³-hybridized carbons (Fsp3) is 0.462. The van der Waals surface area contributed by atoms with Crippen LogP contribution in [-0.2, 0) is 10.0 Å². The Morgan fingerprint density at radius 2 is 2.05 bits per heavy atom. The molecule has 1 N–H and O–H groups in total. The van der Waals surface area contributed by atoms with E-state index in [1.54, 1.807) is 0 Å². The molecule has 0 aromatic heterocycles. The Hall–Kier alpha value is -0.890. The molecule has 22 heavy (non-hydrogen) atoms. The molecule has 1 unspecified atom stereocenters. The van der Waals surface area contributed by atoms with E-state index in [9.17, 15) is 17.6 Å². The van der Waals surface area contributed by atoms with Crippen LogP contribution in [0.5, 0.6) is 0 Å². The lowest BCUT2D eigenvalue weighted by Crippen LogP contribution is -2.49. The van der Waals surface area contributed by atoms with Gasteiger partial charge in [-0.2, -0.15) is 0 Å². The number of hydrogen-bond donors (Lipinski definition) is 1. The van der Waals surface area contributed by atoms with Gasteiger partial charge >= 0.3 is 0 Å². The molecule has 122 valence electrons. The van der Waals surface area contributed by atoms with Gasteiger partial charge in [0.1, 0.15) is 5.82 Å². The summed E-state index contributed by atoms with van der Waals surface area (Å²) in [6, 6.07) is 1.79. The monoisotopic (exact) mass is 368 g/mol. The summed E-state index contributed by atoms with van der Waals surface area (Å²) in [4.78, 5) is 12.2. The molecule has 1 heterocycles. The third-order valence-corrected chi connectivity index (χ3v) is 5.31. The number of piperidine rings is 1. The van der Waals surface area contributed by atoms with E-state index in [-0.39, 0.29) is 28.2 Å². The number of halogens is 3. The summed E-state index contributed by atoms with van der Waals surface area (Å²) in [5.41, 5.74) is -0.0277. The maximum Gasteiger partial charge on any atom is 0.253 e. The molecule has 0 spiro atoms. The molecular weight excluding hydrogens is 354 g/mol. The number of amides is 1. The smallest absolute Gasteiger partial charge is 0.253 e. The van der Waals surface area contributed by atoms with Crippen molar-refractivity contribution in [3.05, 3.63) is 33.6 Å². The van der Waals surface area contributed by atoms with E-state index in [0.29, 0.717) is 19.4 Å². The van der Waals surface area contributed by atoms with Crippen LogP contribution in [-0.4, -0.2) is 44.0 Å². The van der Waals surface area contributed by atoms with Crippen molar-refractivity contribution in [1.29, 1.82) is 0 Å². The lowest BCUT2D eigenvalue weighted by atomic mass is 10.1. The zero-order chi connectivity index (χ0) is 16.5. The van der Waals surface area contributed by atoms with E-state index < -0.39 is 21.7 Å². The molecule has 1 aromatic carbocycles. The summed E-state index contributed by atoms with van der Waals surface area (Å²) < 4.78 is 37.9. The van der Waals surface area contributed by atoms with Gasteiger partial charge in [0.05, 0.1) is 21.9 Å². The second kappa shape index (κ2) is 6.70. The fourth-order valence-electron chi connectivity index (χ4n) is 2.32. The number of nitrogens with zero attached hydrogens (tertiary/aromatic N) is 1. The molecule has 0 radical (unpaired) electrons. The topological polar surface area (TPSA) is 66.5 Å². The molecular formula is C13H15Cl2FN2O3S. The van der Waals surface area contributed by atoms with Crippen LogP contribution in [0.4, 0.5) is 4.39 Å². The quantitative estimate of drug-likeness (QED) is 0.832. The normalized spacial score (nSPS) is 19.9. The summed E-state index contributed by atoms with van der Waals surface area (Å²) in [5, 5.41) is 2.56. The third kappa shape index (κ3) is 4.10. The number of carbonyl (C=O) groups is 1. The predicted molar refractivity (Wildman–Crippen MR) is 83.3 cm³/mol. The molecule has 0 bridgehead atoms. The first-order chi connectivity index (χ1) is 10.2. The van der Waals surface area contributed by atoms with Gasteiger partial charge in [0.15, 0.2) is 0 Å². The van der Waals surface area contributed by atoms with Crippen molar-refractivity contribution in [1.82, 2.24) is 9.62 Å². The SMILES string of the molecule is CS(=O)(=O)N1CCCC(NC(=O)c2cc(F)c(Cl)cc2Cl)C1. The van der Waals surface area contributed by atoms with Crippen molar-refractivity contribution in [3.63, 3.8) is 0 Å². The second-order valence-corrected chi connectivity index (χ2v) is 7.98. The molecule has 2 rings (SSSR count). The van der Waals surface area contributed by atoms with Crippen LogP contribution in [0.25, 0.3) is 0 Å². The number of nitrogens with one attached hydrogen (secondary N) is 1. The first kappa shape index (κ1) is 17.5. The molecule has 1 fully saturated rings. The second-order valence-electron chi connectivity index (χ2n) is 5.18. The van der Waals surface area contributed by atoms with Crippen molar-refractivity contribution in [2.45, 2.75) is 18.9 Å². The van der Waals surface area contributed by atoms with Gasteiger partial charge in [-0.1, -0.05) is 23.2 Å². The van der Waals surface area contributed by atoms with Gasteiger partial charge in [0.2, 0.25) is 10.0 Å². The Morgan fingerprint density at radius 1 is 1.36 bits per heavy atom. The standard InChI is InChI=1S/C13H15Cl2FN2O3S/c1-22(20,21)18-4-2-3-8(7-18)17-13(19)9-5-12(16)11(15)6-10(9)14/h5-6,8H,2-4,7H2,1H3,(H,17,19). The van der Waals surface area contributed by atoms with Crippen LogP contribution < -0.4 is 5.32 Å². The molecule has 0 saturated carbocycles. The molecule has 0 aliphatic carbocycles. The number of hydrogen-bond acceptors (Lipinski definition) is 3. The first-order valence-electron chi connectivity index (χ1n) is 6.59. The summed E-state index contributed by atoms with van der Waals surface area (Å²) in [7, 11) is -3.30. The first-order valence-corrected chi connectivity index (χ1v) is 9.19. The minimum absolute atomic E-state index is 0.0277. The van der Waals surface area contributed by atoms with Gasteiger partial charge in [-0.3, -0.25) is 4.79 Å². The van der Waals surface area contributed by atoms with Crippen molar-refractivity contribution in [3.8, 4) is 0 Å². The Bertz CT molecular complexity index is 697. The van der Waals surface area contributed by atoms with E-state index in [1.165, 1.54) is 4.31 Å². The minimum atomic E-state index is -3.30. The Kier molecular flexibility index (Phi) is 5.32. The minimum Gasteiger partial charge on any atom is -0.348 e. The van der Waals surface area contributed by atoms with Crippen molar-refractivity contribution < 1.29 is 17.6 Å². The fourth-order valence-corrected chi connectivity index (χ4v) is 3.70. The molecule has 1 aliphatic heterocycles. The molecule has 9 heteroatoms. The zero-order valence-electron chi connectivity index (χ0n) is 11.8. The van der Waals surface area contributed by atoms with Crippen LogP contribution >= 0.6 is 23.2 Å². The van der Waals surface area contributed by atoms with Gasteiger partial charge in [0, 0.05) is 19.1 Å². The summed E-state index contributed by atoms with van der Waals surface area (Å²) >= 11 is 11.5. The van der Waals surface area contributed by atoms with Crippen LogP contribution in [0.2, 0.25) is 10.0 Å². The molecule has 1 saturated heterocycles. The number of carbonyl (C=O) groups excluding carboxylic acids is 1. The lowest BCUT2D eigenvalue weighted by molar-refractivity contribution is 0.0921. The van der Waals surface area contributed by atoms with Gasteiger partial charge in [-0.25, -0.2) is 17.1 Å². The van der Waals surface area contributed by atoms with Gasteiger partial charge in [-0.15, -0.1) is 0 Å². The van der Waals surface area contributed by atoms with Gasteiger partial charge in [0.25, 0.3) is 5.91 Å². The maximum atomic E-state index is 13.5. The molecule has 1 amide bonds. The van der Waals surface area contributed by atoms with Crippen molar-refractivity contribution in [2.24, 2.45) is 0 Å². The molecule has 1 aromatic rings. The van der Waals surface area contributed by atoms with Crippen LogP contribution in [0.15, 0.2) is 12.1 Å². The third-order valence-electron chi connectivity index (χ3n) is 3.44. The van der Waals surface area contributed by atoms with E-state index >= 15 is 0 Å². The highest BCUT2D eigenvalue weighted by Crippen LogP contribution is 2.24. The number of benzene rings is 1. The number of sulfonamides is 1. The van der Waals surface area contributed by atoms with E-state index in [4.69, 9.17) is 23.2 Å². The summed E-state index contributed by atoms with van der Waals surface area (Å²) in [6.07, 6.45) is 2.41. The van der Waals surface area contributed by atoms with E-state index in [1.807, 2.05) is 0 Å². The van der Waals surface area contributed by atoms with E-state index in [0.717, 1.165) is 18.4 Å². The average Bonchev–Trinajstić information content (AvgIpc) is 2.42. The van der Waals surface area contributed by atoms with Gasteiger partial charge < -0.3 is 5.32 Å². The Morgan fingerprint density at radius 3 is 2.68 bits per heavy atom. The zero-order valence-corrected chi connectivity index (χ0v) is 14.1. The summed E-state index contributed by atoms with van der Waals surface area (Å²) in [6.45, 7) is 0.625. The van der Waals surface area contributed by atoms with Crippen molar-refractivity contribution in [2.75, 3.05) is 19.3 Å². The average molecular weight is 369 g/mol. The molecule has 1 aliphatic rings. The Labute approximate surface area is 138 Å². The van der Waals surface area contributed by atoms with Crippen LogP contribution in [0.3, 0.4) is 0 Å². The molecule has 1 atom stereocenters. The largest absolute Gasteiger partial charge is 0.348 e. The van der Waals surface area contributed by atoms with E-state index in [2.05, 4.69) is 5.32 Å². The highest BCUT2D eigenvalue weighted by Gasteiger charge is 2.27. The summed E-state index contributed by atoms with van der Waals surface area (Å²) in [5.74, 6) is -1.29. The molecule has 5 nitrogen and oxygen atoms in total. The Balaban J connectivity index is 2.11. The lowest BCUT2D eigenvalue weighted by Gasteiger charge is -2.31. The van der Waals surface area contributed by atoms with Crippen LogP contribution in [0.1, 0.15) is 23.2 Å². The number of rotatable bonds is 3. The van der Waals surface area contributed by atoms with Crippen LogP contribution in [0, 0.1) is 5.82 Å². The van der Waals surface area contributed by atoms with Gasteiger partial charge in [-0.05, 0) is 25.0 Å². The highest BCUT2D eigenvalue weighted by molar-refractivity contribution is 7.88. The van der Waals surface area contributed by atoms with Crippen molar-refractivity contribution >= 4 is 39.1 Å². The maximum absolute atomic E-state index is 13.5. The predicted octanol–water partition coefficient (Wildman–Crippen LogP) is 2.29. The highest BCUT2D eigenvalue weighted by atomic mass is 35.5.